The summed E-state index contributed by atoms with van der Waals surface area (Å²) in [5, 5.41) is 3.36. The maximum absolute atomic E-state index is 12.2. The van der Waals surface area contributed by atoms with Gasteiger partial charge in [-0.25, -0.2) is 0 Å². The third-order valence-electron chi connectivity index (χ3n) is 3.05. The van der Waals surface area contributed by atoms with Gasteiger partial charge in [-0.15, -0.1) is 0 Å². The van der Waals surface area contributed by atoms with Crippen LogP contribution in [0.4, 0.5) is 0 Å². The number of hydrogen-bond donors (Lipinski definition) is 1. The molecule has 3 nitrogen and oxygen atoms in total. The molecule has 1 aromatic carbocycles. The molecule has 0 saturated carbocycles. The van der Waals surface area contributed by atoms with E-state index in [0.717, 1.165) is 17.7 Å². The lowest BCUT2D eigenvalue weighted by Gasteiger charge is -2.22. The van der Waals surface area contributed by atoms with Crippen LogP contribution in [0.25, 0.3) is 0 Å². The van der Waals surface area contributed by atoms with Crippen LogP contribution in [0.2, 0.25) is 0 Å². The van der Waals surface area contributed by atoms with Crippen molar-refractivity contribution in [3.05, 3.63) is 29.8 Å². The first-order valence-corrected chi connectivity index (χ1v) is 6.86. The molecule has 19 heavy (non-hydrogen) atoms. The molecule has 0 bridgehead atoms. The van der Waals surface area contributed by atoms with Gasteiger partial charge in [0.25, 0.3) is 0 Å². The van der Waals surface area contributed by atoms with Gasteiger partial charge in [0.2, 0.25) is 0 Å². The predicted octanol–water partition coefficient (Wildman–Crippen LogP) is 2.83. The van der Waals surface area contributed by atoms with Crippen LogP contribution in [0, 0.1) is 5.92 Å². The fourth-order valence-electron chi connectivity index (χ4n) is 2.04. The minimum atomic E-state index is -0.117. The van der Waals surface area contributed by atoms with Crippen molar-refractivity contribution in [1.29, 1.82) is 0 Å². The zero-order valence-corrected chi connectivity index (χ0v) is 12.6. The zero-order valence-electron chi connectivity index (χ0n) is 12.6. The van der Waals surface area contributed by atoms with Gasteiger partial charge in [-0.3, -0.25) is 4.79 Å². The number of carbonyl (C=O) groups is 1. The van der Waals surface area contributed by atoms with Crippen molar-refractivity contribution >= 4 is 5.78 Å². The first-order chi connectivity index (χ1) is 8.93. The average Bonchev–Trinajstić information content (AvgIpc) is 2.37. The molecule has 0 aliphatic rings. The SMILES string of the molecule is COc1ccc(C[C@H](NC(C)C)C(=O)C(C)C)cc1. The van der Waals surface area contributed by atoms with Gasteiger partial charge in [-0.2, -0.15) is 0 Å². The minimum absolute atomic E-state index is 0.0505. The normalized spacial score (nSPS) is 12.8. The van der Waals surface area contributed by atoms with Crippen LogP contribution in [0.15, 0.2) is 24.3 Å². The van der Waals surface area contributed by atoms with Crippen LogP contribution in [0.1, 0.15) is 33.3 Å². The Bertz CT molecular complexity index is 396. The number of ketones is 1. The van der Waals surface area contributed by atoms with Crippen LogP contribution in [0.5, 0.6) is 5.75 Å². The molecule has 0 amide bonds. The molecule has 1 aromatic rings. The Morgan fingerprint density at radius 1 is 1.16 bits per heavy atom. The summed E-state index contributed by atoms with van der Waals surface area (Å²) in [6.07, 6.45) is 0.721. The fourth-order valence-corrected chi connectivity index (χ4v) is 2.04. The summed E-state index contributed by atoms with van der Waals surface area (Å²) in [6.45, 7) is 8.03. The number of methoxy groups -OCH3 is 1. The number of rotatable bonds is 7. The number of benzene rings is 1. The second kappa shape index (κ2) is 7.29. The van der Waals surface area contributed by atoms with E-state index in [2.05, 4.69) is 19.2 Å². The molecule has 0 aromatic heterocycles. The maximum Gasteiger partial charge on any atom is 0.152 e. The molecule has 3 heteroatoms. The van der Waals surface area contributed by atoms with Crippen LogP contribution in [0.3, 0.4) is 0 Å². The summed E-state index contributed by atoms with van der Waals surface area (Å²) in [5.74, 6) is 1.16. The van der Waals surface area contributed by atoms with Gasteiger partial charge in [-0.05, 0) is 24.1 Å². The van der Waals surface area contributed by atoms with Gasteiger partial charge in [0, 0.05) is 12.0 Å². The summed E-state index contributed by atoms with van der Waals surface area (Å²) in [7, 11) is 1.65. The molecule has 0 heterocycles. The van der Waals surface area contributed by atoms with Gasteiger partial charge < -0.3 is 10.1 Å². The molecule has 0 saturated heterocycles. The maximum atomic E-state index is 12.2. The van der Waals surface area contributed by atoms with Gasteiger partial charge in [0.15, 0.2) is 5.78 Å². The summed E-state index contributed by atoms with van der Waals surface area (Å²) in [6, 6.07) is 8.07. The highest BCUT2D eigenvalue weighted by Crippen LogP contribution is 2.14. The molecule has 1 atom stereocenters. The van der Waals surface area contributed by atoms with Gasteiger partial charge in [0.1, 0.15) is 5.75 Å². The number of Topliss-reactive ketones (excluding diaryl/α,β-unsaturated/α-hetero) is 1. The Balaban J connectivity index is 2.78. The second-order valence-electron chi connectivity index (χ2n) is 5.48. The van der Waals surface area contributed by atoms with Gasteiger partial charge >= 0.3 is 0 Å². The molecule has 0 fully saturated rings. The third-order valence-corrected chi connectivity index (χ3v) is 3.05. The van der Waals surface area contributed by atoms with Crippen LogP contribution >= 0.6 is 0 Å². The zero-order chi connectivity index (χ0) is 14.4. The lowest BCUT2D eigenvalue weighted by Crippen LogP contribution is -2.44. The lowest BCUT2D eigenvalue weighted by molar-refractivity contribution is -0.124. The highest BCUT2D eigenvalue weighted by atomic mass is 16.5. The van der Waals surface area contributed by atoms with Crippen molar-refractivity contribution in [2.75, 3.05) is 7.11 Å². The molecule has 0 aliphatic heterocycles. The molecule has 0 unspecified atom stereocenters. The van der Waals surface area contributed by atoms with Crippen molar-refractivity contribution in [2.45, 2.75) is 46.2 Å². The van der Waals surface area contributed by atoms with Crippen molar-refractivity contribution in [2.24, 2.45) is 5.92 Å². The summed E-state index contributed by atoms with van der Waals surface area (Å²) >= 11 is 0. The molecule has 106 valence electrons. The van der Waals surface area contributed by atoms with Crippen molar-refractivity contribution in [1.82, 2.24) is 5.32 Å². The van der Waals surface area contributed by atoms with E-state index in [9.17, 15) is 4.79 Å². The van der Waals surface area contributed by atoms with Gasteiger partial charge in [-0.1, -0.05) is 39.8 Å². The van der Waals surface area contributed by atoms with Crippen molar-refractivity contribution < 1.29 is 9.53 Å². The Morgan fingerprint density at radius 2 is 1.74 bits per heavy atom. The Kier molecular flexibility index (Phi) is 6.03. The summed E-state index contributed by atoms with van der Waals surface area (Å²) in [5.41, 5.74) is 1.15. The highest BCUT2D eigenvalue weighted by molar-refractivity contribution is 5.86. The van der Waals surface area contributed by atoms with E-state index in [-0.39, 0.29) is 17.7 Å². The smallest absolute Gasteiger partial charge is 0.152 e. The predicted molar refractivity (Wildman–Crippen MR) is 78.6 cm³/mol. The van der Waals surface area contributed by atoms with Crippen LogP contribution in [-0.2, 0) is 11.2 Å². The Morgan fingerprint density at radius 3 is 2.16 bits per heavy atom. The second-order valence-corrected chi connectivity index (χ2v) is 5.48. The topological polar surface area (TPSA) is 38.3 Å². The fraction of sp³-hybridized carbons (Fsp3) is 0.562. The Hall–Kier alpha value is -1.35. The molecular weight excluding hydrogens is 238 g/mol. The van der Waals surface area contributed by atoms with E-state index < -0.39 is 0 Å². The van der Waals surface area contributed by atoms with Crippen molar-refractivity contribution in [3.63, 3.8) is 0 Å². The lowest BCUT2D eigenvalue weighted by atomic mass is 9.95. The van der Waals surface area contributed by atoms with Crippen LogP contribution < -0.4 is 10.1 Å². The van der Waals surface area contributed by atoms with Crippen LogP contribution in [-0.4, -0.2) is 25.0 Å². The van der Waals surface area contributed by atoms with E-state index in [1.807, 2.05) is 38.1 Å². The molecule has 1 N–H and O–H groups in total. The van der Waals surface area contributed by atoms with E-state index in [4.69, 9.17) is 4.74 Å². The van der Waals surface area contributed by atoms with E-state index >= 15 is 0 Å². The largest absolute Gasteiger partial charge is 0.497 e. The Labute approximate surface area is 116 Å². The van der Waals surface area contributed by atoms with E-state index in [1.54, 1.807) is 7.11 Å². The molecule has 0 spiro atoms. The number of carbonyl (C=O) groups excluding carboxylic acids is 1. The molecular formula is C16H25NO2. The average molecular weight is 263 g/mol. The standard InChI is InChI=1S/C16H25NO2/c1-11(2)16(18)15(17-12(3)4)10-13-6-8-14(19-5)9-7-13/h6-9,11-12,15,17H,10H2,1-5H3/t15-/m0/s1. The van der Waals surface area contributed by atoms with E-state index in [0.29, 0.717) is 6.04 Å². The molecule has 0 aliphatic carbocycles. The quantitative estimate of drug-likeness (QED) is 0.822. The number of hydrogen-bond acceptors (Lipinski definition) is 3. The third kappa shape index (κ3) is 5.03. The summed E-state index contributed by atoms with van der Waals surface area (Å²) in [4.78, 5) is 12.2. The minimum Gasteiger partial charge on any atom is -0.497 e. The number of nitrogens with one attached hydrogen (secondary N) is 1. The van der Waals surface area contributed by atoms with Gasteiger partial charge in [0.05, 0.1) is 13.2 Å². The molecule has 1 rings (SSSR count). The monoisotopic (exact) mass is 263 g/mol. The first-order valence-electron chi connectivity index (χ1n) is 6.86. The first kappa shape index (κ1) is 15.7. The number of ether oxygens (including phenoxy) is 1. The highest BCUT2D eigenvalue weighted by Gasteiger charge is 2.21. The van der Waals surface area contributed by atoms with Crippen molar-refractivity contribution in [3.8, 4) is 5.75 Å². The van der Waals surface area contributed by atoms with E-state index in [1.165, 1.54) is 0 Å². The molecule has 0 radical (unpaired) electrons. The summed E-state index contributed by atoms with van der Waals surface area (Å²) < 4.78 is 5.14.